The highest BCUT2D eigenvalue weighted by atomic mass is 16.2. The topological polar surface area (TPSA) is 32.3 Å². The molecule has 2 aliphatic heterocycles. The summed E-state index contributed by atoms with van der Waals surface area (Å²) in [6.07, 6.45) is 5.21. The lowest BCUT2D eigenvalue weighted by molar-refractivity contribution is -0.130. The second-order valence-electron chi connectivity index (χ2n) is 5.63. The first-order valence-electron chi connectivity index (χ1n) is 7.45. The maximum absolute atomic E-state index is 12.1. The summed E-state index contributed by atoms with van der Waals surface area (Å²) in [5.41, 5.74) is 2.65. The van der Waals surface area contributed by atoms with E-state index in [1.54, 1.807) is 0 Å². The molecule has 1 aromatic rings. The van der Waals surface area contributed by atoms with Crippen LogP contribution in [0.25, 0.3) is 0 Å². The highest BCUT2D eigenvalue weighted by molar-refractivity contribution is 5.76. The predicted octanol–water partition coefficient (Wildman–Crippen LogP) is 2.99. The number of hydrogen-bond acceptors (Lipinski definition) is 2. The number of rotatable bonds is 3. The second kappa shape index (κ2) is 5.64. The van der Waals surface area contributed by atoms with Crippen LogP contribution in [0.1, 0.15) is 43.6 Å². The molecule has 2 heterocycles. The molecule has 0 unspecified atom stereocenters. The van der Waals surface area contributed by atoms with Crippen molar-refractivity contribution < 1.29 is 4.79 Å². The Balaban J connectivity index is 1.60. The molecule has 19 heavy (non-hydrogen) atoms. The number of carbonyl (C=O) groups is 1. The summed E-state index contributed by atoms with van der Waals surface area (Å²) in [5.74, 6) is 0.900. The van der Waals surface area contributed by atoms with Gasteiger partial charge in [-0.25, -0.2) is 0 Å². The Morgan fingerprint density at radius 2 is 2.05 bits per heavy atom. The molecular weight excluding hydrogens is 236 g/mol. The van der Waals surface area contributed by atoms with Crippen molar-refractivity contribution in [1.82, 2.24) is 4.90 Å². The Labute approximate surface area is 115 Å². The molecule has 102 valence electrons. The minimum absolute atomic E-state index is 0.355. The summed E-state index contributed by atoms with van der Waals surface area (Å²) in [6.45, 7) is 2.98. The van der Waals surface area contributed by atoms with Gasteiger partial charge in [0.25, 0.3) is 0 Å². The monoisotopic (exact) mass is 258 g/mol. The van der Waals surface area contributed by atoms with Crippen molar-refractivity contribution in [3.8, 4) is 0 Å². The molecule has 3 rings (SSSR count). The van der Waals surface area contributed by atoms with Crippen LogP contribution >= 0.6 is 0 Å². The van der Waals surface area contributed by atoms with Crippen molar-refractivity contribution in [1.29, 1.82) is 0 Å². The zero-order valence-electron chi connectivity index (χ0n) is 11.4. The van der Waals surface area contributed by atoms with E-state index in [2.05, 4.69) is 29.6 Å². The average Bonchev–Trinajstić information content (AvgIpc) is 2.99. The van der Waals surface area contributed by atoms with E-state index in [0.717, 1.165) is 32.5 Å². The maximum Gasteiger partial charge on any atom is 0.222 e. The molecule has 1 N–H and O–H groups in total. The van der Waals surface area contributed by atoms with Crippen molar-refractivity contribution in [3.63, 3.8) is 0 Å². The van der Waals surface area contributed by atoms with E-state index in [-0.39, 0.29) is 0 Å². The van der Waals surface area contributed by atoms with E-state index in [1.165, 1.54) is 24.1 Å². The number of benzene rings is 1. The van der Waals surface area contributed by atoms with Crippen molar-refractivity contribution in [2.24, 2.45) is 0 Å². The lowest BCUT2D eigenvalue weighted by Gasteiger charge is -2.27. The highest BCUT2D eigenvalue weighted by Crippen LogP contribution is 2.34. The van der Waals surface area contributed by atoms with E-state index < -0.39 is 0 Å². The van der Waals surface area contributed by atoms with Gasteiger partial charge in [0, 0.05) is 31.7 Å². The molecule has 0 aromatic heterocycles. The van der Waals surface area contributed by atoms with Gasteiger partial charge in [0.05, 0.1) is 0 Å². The molecule has 0 aliphatic carbocycles. The van der Waals surface area contributed by atoms with Crippen molar-refractivity contribution in [3.05, 3.63) is 29.8 Å². The van der Waals surface area contributed by atoms with E-state index in [0.29, 0.717) is 18.2 Å². The van der Waals surface area contributed by atoms with Crippen molar-refractivity contribution in [2.45, 2.75) is 38.0 Å². The van der Waals surface area contributed by atoms with Gasteiger partial charge in [-0.1, -0.05) is 18.2 Å². The van der Waals surface area contributed by atoms with E-state index in [4.69, 9.17) is 0 Å². The molecular formula is C16H22N2O. The van der Waals surface area contributed by atoms with Gasteiger partial charge < -0.3 is 10.2 Å². The van der Waals surface area contributed by atoms with Gasteiger partial charge in [0.15, 0.2) is 0 Å². The molecule has 1 saturated heterocycles. The number of nitrogens with one attached hydrogen (secondary N) is 1. The minimum Gasteiger partial charge on any atom is -0.385 e. The molecule has 1 amide bonds. The van der Waals surface area contributed by atoms with Crippen LogP contribution in [0.2, 0.25) is 0 Å². The quantitative estimate of drug-likeness (QED) is 0.904. The van der Waals surface area contributed by atoms with Crippen molar-refractivity contribution in [2.75, 3.05) is 25.0 Å². The Morgan fingerprint density at radius 3 is 2.89 bits per heavy atom. The minimum atomic E-state index is 0.355. The number of anilines is 1. The maximum atomic E-state index is 12.1. The average molecular weight is 258 g/mol. The number of carbonyl (C=O) groups excluding carboxylic acids is 1. The van der Waals surface area contributed by atoms with Crippen LogP contribution in [0.4, 0.5) is 5.69 Å². The first-order valence-corrected chi connectivity index (χ1v) is 7.45. The van der Waals surface area contributed by atoms with Gasteiger partial charge in [0.1, 0.15) is 0 Å². The van der Waals surface area contributed by atoms with Crippen LogP contribution in [-0.4, -0.2) is 30.4 Å². The first-order chi connectivity index (χ1) is 9.34. The Morgan fingerprint density at radius 1 is 1.26 bits per heavy atom. The molecule has 1 aromatic carbocycles. The van der Waals surface area contributed by atoms with Gasteiger partial charge in [-0.2, -0.15) is 0 Å². The van der Waals surface area contributed by atoms with Gasteiger partial charge in [-0.3, -0.25) is 4.79 Å². The molecule has 0 spiro atoms. The van der Waals surface area contributed by atoms with Crippen LogP contribution in [-0.2, 0) is 4.79 Å². The number of para-hydroxylation sites is 1. The Hall–Kier alpha value is -1.51. The summed E-state index contributed by atoms with van der Waals surface area (Å²) in [7, 11) is 0. The van der Waals surface area contributed by atoms with Crippen LogP contribution in [0.15, 0.2) is 24.3 Å². The molecule has 3 nitrogen and oxygen atoms in total. The largest absolute Gasteiger partial charge is 0.385 e. The molecule has 3 heteroatoms. The smallest absolute Gasteiger partial charge is 0.222 e. The van der Waals surface area contributed by atoms with E-state index >= 15 is 0 Å². The molecule has 0 bridgehead atoms. The fourth-order valence-corrected chi connectivity index (χ4v) is 3.27. The molecule has 1 fully saturated rings. The van der Waals surface area contributed by atoms with Crippen LogP contribution in [0, 0.1) is 0 Å². The number of likely N-dealkylation sites (tertiary alicyclic amines) is 1. The number of fused-ring (bicyclic) bond motifs is 1. The summed E-state index contributed by atoms with van der Waals surface area (Å²) in [5, 5.41) is 3.44. The fourth-order valence-electron chi connectivity index (χ4n) is 3.27. The molecule has 0 saturated carbocycles. The third kappa shape index (κ3) is 2.75. The van der Waals surface area contributed by atoms with Gasteiger partial charge >= 0.3 is 0 Å². The summed E-state index contributed by atoms with van der Waals surface area (Å²) < 4.78 is 0. The van der Waals surface area contributed by atoms with Crippen LogP contribution < -0.4 is 5.32 Å². The standard InChI is InChI=1S/C16H22N2O/c19-16(18-11-3-4-12-18)8-7-13-9-10-17-15-6-2-1-5-14(13)15/h1-2,5-6,13,17H,3-4,7-12H2/t13-/m0/s1. The normalized spacial score (nSPS) is 21.9. The van der Waals surface area contributed by atoms with E-state index in [9.17, 15) is 4.79 Å². The number of amides is 1. The summed E-state index contributed by atoms with van der Waals surface area (Å²) >= 11 is 0. The summed E-state index contributed by atoms with van der Waals surface area (Å²) in [4.78, 5) is 14.1. The zero-order valence-corrected chi connectivity index (χ0v) is 11.4. The zero-order chi connectivity index (χ0) is 13.1. The summed E-state index contributed by atoms with van der Waals surface area (Å²) in [6, 6.07) is 8.51. The number of nitrogens with zero attached hydrogens (tertiary/aromatic N) is 1. The Bertz CT molecular complexity index is 452. The van der Waals surface area contributed by atoms with Gasteiger partial charge in [0.2, 0.25) is 5.91 Å². The molecule has 1 atom stereocenters. The first kappa shape index (κ1) is 12.5. The lowest BCUT2D eigenvalue weighted by atomic mass is 9.87. The third-order valence-corrected chi connectivity index (χ3v) is 4.37. The van der Waals surface area contributed by atoms with Crippen LogP contribution in [0.5, 0.6) is 0 Å². The van der Waals surface area contributed by atoms with Crippen molar-refractivity contribution >= 4 is 11.6 Å². The number of hydrogen-bond donors (Lipinski definition) is 1. The third-order valence-electron chi connectivity index (χ3n) is 4.37. The molecule has 2 aliphatic rings. The fraction of sp³-hybridized carbons (Fsp3) is 0.562. The SMILES string of the molecule is O=C(CC[C@H]1CCNc2ccccc21)N1CCCC1. The predicted molar refractivity (Wildman–Crippen MR) is 77.3 cm³/mol. The van der Waals surface area contributed by atoms with Gasteiger partial charge in [-0.15, -0.1) is 0 Å². The van der Waals surface area contributed by atoms with Gasteiger partial charge in [-0.05, 0) is 43.2 Å². The molecule has 0 radical (unpaired) electrons. The highest BCUT2D eigenvalue weighted by Gasteiger charge is 2.22. The second-order valence-corrected chi connectivity index (χ2v) is 5.63. The van der Waals surface area contributed by atoms with Crippen LogP contribution in [0.3, 0.4) is 0 Å². The lowest BCUT2D eigenvalue weighted by Crippen LogP contribution is -2.28. The Kier molecular flexibility index (Phi) is 3.72. The van der Waals surface area contributed by atoms with E-state index in [1.807, 2.05) is 4.90 Å².